The van der Waals surface area contributed by atoms with Crippen LogP contribution < -0.4 is 14.2 Å². The molecule has 0 aliphatic rings. The third-order valence-electron chi connectivity index (χ3n) is 3.97. The van der Waals surface area contributed by atoms with Crippen molar-refractivity contribution in [2.45, 2.75) is 25.0 Å². The molecular weight excluding hydrogens is 308 g/mol. The molecule has 0 aliphatic heterocycles. The summed E-state index contributed by atoms with van der Waals surface area (Å²) in [7, 11) is 4.60. The Morgan fingerprint density at radius 3 is 1.71 bits per heavy atom. The average molecular weight is 332 g/mol. The van der Waals surface area contributed by atoms with Crippen molar-refractivity contribution in [2.24, 2.45) is 0 Å². The van der Waals surface area contributed by atoms with Gasteiger partial charge in [-0.3, -0.25) is 0 Å². The van der Waals surface area contributed by atoms with E-state index in [1.807, 2.05) is 30.3 Å². The molecule has 0 bridgehead atoms. The molecule has 0 heterocycles. The lowest BCUT2D eigenvalue weighted by atomic mass is 9.99. The van der Waals surface area contributed by atoms with E-state index in [0.717, 1.165) is 5.56 Å². The SMILES string of the molecule is COc1cc(C(O)CCC(O)c2ccccc2)cc(OC)c1OC. The quantitative estimate of drug-likeness (QED) is 0.776. The van der Waals surface area contributed by atoms with Gasteiger partial charge >= 0.3 is 0 Å². The summed E-state index contributed by atoms with van der Waals surface area (Å²) in [6.07, 6.45) is -0.490. The van der Waals surface area contributed by atoms with Crippen LogP contribution in [0.1, 0.15) is 36.2 Å². The first-order chi connectivity index (χ1) is 11.6. The van der Waals surface area contributed by atoms with Gasteiger partial charge in [0.25, 0.3) is 0 Å². The second kappa shape index (κ2) is 8.57. The van der Waals surface area contributed by atoms with Crippen LogP contribution in [-0.4, -0.2) is 31.5 Å². The van der Waals surface area contributed by atoms with Crippen LogP contribution in [0.2, 0.25) is 0 Å². The molecular formula is C19H24O5. The molecule has 0 amide bonds. The maximum atomic E-state index is 10.5. The summed E-state index contributed by atoms with van der Waals surface area (Å²) in [6, 6.07) is 12.9. The molecule has 24 heavy (non-hydrogen) atoms. The molecule has 0 spiro atoms. The zero-order valence-corrected chi connectivity index (χ0v) is 14.2. The maximum absolute atomic E-state index is 10.5. The fraction of sp³-hybridized carbons (Fsp3) is 0.368. The minimum absolute atomic E-state index is 0.411. The lowest BCUT2D eigenvalue weighted by Gasteiger charge is -2.18. The summed E-state index contributed by atoms with van der Waals surface area (Å²) >= 11 is 0. The van der Waals surface area contributed by atoms with E-state index in [1.54, 1.807) is 12.1 Å². The molecule has 2 N–H and O–H groups in total. The molecule has 5 heteroatoms. The monoisotopic (exact) mass is 332 g/mol. The summed E-state index contributed by atoms with van der Waals surface area (Å²) in [4.78, 5) is 0. The van der Waals surface area contributed by atoms with Gasteiger partial charge in [0.1, 0.15) is 0 Å². The first-order valence-corrected chi connectivity index (χ1v) is 7.81. The van der Waals surface area contributed by atoms with E-state index >= 15 is 0 Å². The van der Waals surface area contributed by atoms with Crippen LogP contribution in [0.25, 0.3) is 0 Å². The second-order valence-electron chi connectivity index (χ2n) is 5.48. The smallest absolute Gasteiger partial charge is 0.203 e. The minimum Gasteiger partial charge on any atom is -0.493 e. The van der Waals surface area contributed by atoms with E-state index in [1.165, 1.54) is 21.3 Å². The van der Waals surface area contributed by atoms with Crippen molar-refractivity contribution in [3.63, 3.8) is 0 Å². The first kappa shape index (κ1) is 18.1. The van der Waals surface area contributed by atoms with E-state index in [4.69, 9.17) is 14.2 Å². The fourth-order valence-corrected chi connectivity index (χ4v) is 2.62. The van der Waals surface area contributed by atoms with Crippen molar-refractivity contribution in [1.29, 1.82) is 0 Å². The largest absolute Gasteiger partial charge is 0.493 e. The summed E-state index contributed by atoms with van der Waals surface area (Å²) in [6.45, 7) is 0. The highest BCUT2D eigenvalue weighted by atomic mass is 16.5. The summed E-state index contributed by atoms with van der Waals surface area (Å²) in [5.74, 6) is 1.48. The van der Waals surface area contributed by atoms with Crippen LogP contribution in [0.3, 0.4) is 0 Å². The summed E-state index contributed by atoms with van der Waals surface area (Å²) in [5, 5.41) is 20.7. The van der Waals surface area contributed by atoms with Crippen LogP contribution in [-0.2, 0) is 0 Å². The minimum atomic E-state index is -0.739. The molecule has 0 saturated heterocycles. The predicted molar refractivity (Wildman–Crippen MR) is 91.7 cm³/mol. The van der Waals surface area contributed by atoms with Gasteiger partial charge in [-0.05, 0) is 36.1 Å². The fourth-order valence-electron chi connectivity index (χ4n) is 2.62. The van der Waals surface area contributed by atoms with Gasteiger partial charge in [-0.2, -0.15) is 0 Å². The van der Waals surface area contributed by atoms with Gasteiger partial charge in [0, 0.05) is 0 Å². The normalized spacial score (nSPS) is 13.2. The number of hydrogen-bond acceptors (Lipinski definition) is 5. The number of aliphatic hydroxyl groups excluding tert-OH is 2. The van der Waals surface area contributed by atoms with Gasteiger partial charge in [0.15, 0.2) is 11.5 Å². The van der Waals surface area contributed by atoms with Crippen LogP contribution in [0.4, 0.5) is 0 Å². The van der Waals surface area contributed by atoms with E-state index in [0.29, 0.717) is 35.7 Å². The van der Waals surface area contributed by atoms with E-state index in [9.17, 15) is 10.2 Å². The van der Waals surface area contributed by atoms with E-state index in [2.05, 4.69) is 0 Å². The Labute approximate surface area is 142 Å². The molecule has 0 aromatic heterocycles. The van der Waals surface area contributed by atoms with Crippen LogP contribution in [0.5, 0.6) is 17.2 Å². The van der Waals surface area contributed by atoms with Gasteiger partial charge in [0.05, 0.1) is 33.5 Å². The standard InChI is InChI=1S/C19H24O5/c1-22-17-11-14(12-18(23-2)19(17)24-3)16(21)10-9-15(20)13-7-5-4-6-8-13/h4-8,11-12,15-16,20-21H,9-10H2,1-3H3. The number of rotatable bonds is 8. The van der Waals surface area contributed by atoms with Crippen molar-refractivity contribution in [3.8, 4) is 17.2 Å². The molecule has 2 rings (SSSR count). The maximum Gasteiger partial charge on any atom is 0.203 e. The number of benzene rings is 2. The zero-order valence-electron chi connectivity index (χ0n) is 14.2. The Bertz CT molecular complexity index is 616. The number of ether oxygens (including phenoxy) is 3. The number of methoxy groups -OCH3 is 3. The molecule has 0 aliphatic carbocycles. The Morgan fingerprint density at radius 2 is 1.25 bits per heavy atom. The van der Waals surface area contributed by atoms with Gasteiger partial charge < -0.3 is 24.4 Å². The second-order valence-corrected chi connectivity index (χ2v) is 5.48. The van der Waals surface area contributed by atoms with Gasteiger partial charge in [-0.15, -0.1) is 0 Å². The first-order valence-electron chi connectivity index (χ1n) is 7.81. The summed E-state index contributed by atoms with van der Waals surface area (Å²) in [5.41, 5.74) is 1.50. The van der Waals surface area contributed by atoms with Crippen LogP contribution in [0.15, 0.2) is 42.5 Å². The molecule has 5 nitrogen and oxygen atoms in total. The Morgan fingerprint density at radius 1 is 0.750 bits per heavy atom. The molecule has 2 atom stereocenters. The average Bonchev–Trinajstić information content (AvgIpc) is 2.65. The number of hydrogen-bond donors (Lipinski definition) is 2. The third kappa shape index (κ3) is 4.19. The number of aliphatic hydroxyl groups is 2. The lowest BCUT2D eigenvalue weighted by Crippen LogP contribution is -2.04. The van der Waals surface area contributed by atoms with Crippen molar-refractivity contribution in [2.75, 3.05) is 21.3 Å². The van der Waals surface area contributed by atoms with Crippen LogP contribution >= 0.6 is 0 Å². The Hall–Kier alpha value is -2.24. The predicted octanol–water partition coefficient (Wildman–Crippen LogP) is 3.26. The van der Waals surface area contributed by atoms with Crippen LogP contribution in [0, 0.1) is 0 Å². The Balaban J connectivity index is 2.10. The highest BCUT2D eigenvalue weighted by Crippen LogP contribution is 2.40. The third-order valence-corrected chi connectivity index (χ3v) is 3.97. The molecule has 130 valence electrons. The lowest BCUT2D eigenvalue weighted by molar-refractivity contribution is 0.114. The van der Waals surface area contributed by atoms with Gasteiger partial charge in [0.2, 0.25) is 5.75 Å². The van der Waals surface area contributed by atoms with E-state index < -0.39 is 12.2 Å². The van der Waals surface area contributed by atoms with Crippen molar-refractivity contribution >= 4 is 0 Å². The van der Waals surface area contributed by atoms with Gasteiger partial charge in [-0.1, -0.05) is 30.3 Å². The topological polar surface area (TPSA) is 68.2 Å². The molecule has 2 aromatic rings. The zero-order chi connectivity index (χ0) is 17.5. The molecule has 0 saturated carbocycles. The van der Waals surface area contributed by atoms with Crippen molar-refractivity contribution < 1.29 is 24.4 Å². The van der Waals surface area contributed by atoms with Crippen molar-refractivity contribution in [1.82, 2.24) is 0 Å². The van der Waals surface area contributed by atoms with Gasteiger partial charge in [-0.25, -0.2) is 0 Å². The molecule has 0 radical (unpaired) electrons. The summed E-state index contributed by atoms with van der Waals surface area (Å²) < 4.78 is 15.9. The molecule has 2 unspecified atom stereocenters. The Kier molecular flexibility index (Phi) is 6.46. The molecule has 2 aromatic carbocycles. The van der Waals surface area contributed by atoms with Crippen molar-refractivity contribution in [3.05, 3.63) is 53.6 Å². The molecule has 0 fully saturated rings. The van der Waals surface area contributed by atoms with E-state index in [-0.39, 0.29) is 0 Å². The highest BCUT2D eigenvalue weighted by Gasteiger charge is 2.18. The highest BCUT2D eigenvalue weighted by molar-refractivity contribution is 5.54.